The molecule has 0 amide bonds. The molecule has 0 aliphatic heterocycles. The minimum absolute atomic E-state index is 0.0256. The Kier molecular flexibility index (Phi) is 5.13. The standard InChI is InChI=1S/C9H14ClN3O3S/c1-11-9-8(10)5-7(6-12-9)17(14,15)13-3-4-16-2/h5-6,13H,3-4H2,1-2H3,(H,11,12). The van der Waals surface area contributed by atoms with Crippen molar-refractivity contribution < 1.29 is 13.2 Å². The topological polar surface area (TPSA) is 80.3 Å². The third-order valence-electron chi connectivity index (χ3n) is 1.96. The van der Waals surface area contributed by atoms with E-state index in [4.69, 9.17) is 16.3 Å². The molecule has 0 spiro atoms. The predicted molar refractivity (Wildman–Crippen MR) is 65.9 cm³/mol. The average molecular weight is 280 g/mol. The molecule has 0 atom stereocenters. The number of anilines is 1. The molecule has 96 valence electrons. The first-order valence-electron chi connectivity index (χ1n) is 4.83. The third-order valence-corrected chi connectivity index (χ3v) is 3.68. The van der Waals surface area contributed by atoms with E-state index < -0.39 is 10.0 Å². The molecule has 1 aromatic rings. The van der Waals surface area contributed by atoms with Crippen molar-refractivity contribution in [2.24, 2.45) is 0 Å². The van der Waals surface area contributed by atoms with E-state index in [9.17, 15) is 8.42 Å². The molecule has 2 N–H and O–H groups in total. The van der Waals surface area contributed by atoms with Gasteiger partial charge in [-0.2, -0.15) is 0 Å². The van der Waals surface area contributed by atoms with Gasteiger partial charge in [0.1, 0.15) is 10.7 Å². The zero-order valence-corrected chi connectivity index (χ0v) is 11.1. The highest BCUT2D eigenvalue weighted by atomic mass is 35.5. The van der Waals surface area contributed by atoms with Crippen LogP contribution in [-0.4, -0.2) is 40.7 Å². The maximum atomic E-state index is 11.8. The molecule has 0 aromatic carbocycles. The van der Waals surface area contributed by atoms with E-state index in [0.29, 0.717) is 12.4 Å². The number of nitrogens with zero attached hydrogens (tertiary/aromatic N) is 1. The molecular weight excluding hydrogens is 266 g/mol. The number of hydrogen-bond donors (Lipinski definition) is 2. The van der Waals surface area contributed by atoms with Crippen molar-refractivity contribution in [1.29, 1.82) is 0 Å². The number of methoxy groups -OCH3 is 1. The number of sulfonamides is 1. The summed E-state index contributed by atoms with van der Waals surface area (Å²) in [6.07, 6.45) is 1.24. The van der Waals surface area contributed by atoms with Crippen LogP contribution in [0.25, 0.3) is 0 Å². The molecule has 1 rings (SSSR count). The fourth-order valence-electron chi connectivity index (χ4n) is 1.11. The minimum atomic E-state index is -3.58. The second-order valence-corrected chi connectivity index (χ2v) is 5.32. The van der Waals surface area contributed by atoms with Gasteiger partial charge in [-0.1, -0.05) is 11.6 Å². The maximum Gasteiger partial charge on any atom is 0.242 e. The predicted octanol–water partition coefficient (Wildman–Crippen LogP) is 0.701. The van der Waals surface area contributed by atoms with Gasteiger partial charge in [0.15, 0.2) is 0 Å². The molecule has 0 saturated carbocycles. The zero-order valence-electron chi connectivity index (χ0n) is 9.53. The summed E-state index contributed by atoms with van der Waals surface area (Å²) in [5, 5.41) is 3.00. The Bertz CT molecular complexity index is 478. The maximum absolute atomic E-state index is 11.8. The van der Waals surface area contributed by atoms with Crippen molar-refractivity contribution in [2.75, 3.05) is 32.6 Å². The normalized spacial score (nSPS) is 11.5. The molecule has 0 saturated heterocycles. The second kappa shape index (κ2) is 6.15. The molecular formula is C9H14ClN3O3S. The van der Waals surface area contributed by atoms with Gasteiger partial charge in [0.05, 0.1) is 11.6 Å². The molecule has 1 heterocycles. The van der Waals surface area contributed by atoms with Crippen LogP contribution in [0.3, 0.4) is 0 Å². The van der Waals surface area contributed by atoms with Gasteiger partial charge < -0.3 is 10.1 Å². The first-order chi connectivity index (χ1) is 8.01. The first-order valence-corrected chi connectivity index (χ1v) is 6.69. The van der Waals surface area contributed by atoms with Crippen LogP contribution in [0, 0.1) is 0 Å². The SMILES string of the molecule is CNc1ncc(S(=O)(=O)NCCOC)cc1Cl. The lowest BCUT2D eigenvalue weighted by molar-refractivity contribution is 0.204. The van der Waals surface area contributed by atoms with Gasteiger partial charge in [-0.15, -0.1) is 0 Å². The smallest absolute Gasteiger partial charge is 0.242 e. The van der Waals surface area contributed by atoms with E-state index >= 15 is 0 Å². The highest BCUT2D eigenvalue weighted by Gasteiger charge is 2.15. The fraction of sp³-hybridized carbons (Fsp3) is 0.444. The van der Waals surface area contributed by atoms with Gasteiger partial charge >= 0.3 is 0 Å². The Hall–Kier alpha value is -0.890. The number of hydrogen-bond acceptors (Lipinski definition) is 5. The highest BCUT2D eigenvalue weighted by Crippen LogP contribution is 2.21. The van der Waals surface area contributed by atoms with Crippen LogP contribution in [-0.2, 0) is 14.8 Å². The van der Waals surface area contributed by atoms with Crippen LogP contribution in [0.4, 0.5) is 5.82 Å². The first kappa shape index (κ1) is 14.2. The van der Waals surface area contributed by atoms with Gasteiger partial charge in [0, 0.05) is 26.9 Å². The number of pyridine rings is 1. The summed E-state index contributed by atoms with van der Waals surface area (Å²) in [4.78, 5) is 3.92. The van der Waals surface area contributed by atoms with Gasteiger partial charge in [0.25, 0.3) is 0 Å². The van der Waals surface area contributed by atoms with Crippen molar-refractivity contribution in [3.8, 4) is 0 Å². The molecule has 0 aliphatic rings. The van der Waals surface area contributed by atoms with Crippen molar-refractivity contribution in [3.05, 3.63) is 17.3 Å². The number of rotatable bonds is 6. The lowest BCUT2D eigenvalue weighted by Gasteiger charge is -2.08. The Morgan fingerprint density at radius 3 is 2.76 bits per heavy atom. The zero-order chi connectivity index (χ0) is 12.9. The molecule has 1 aromatic heterocycles. The van der Waals surface area contributed by atoms with Crippen LogP contribution in [0.15, 0.2) is 17.2 Å². The number of ether oxygens (including phenoxy) is 1. The van der Waals surface area contributed by atoms with Gasteiger partial charge in [-0.25, -0.2) is 18.1 Å². The van der Waals surface area contributed by atoms with Crippen molar-refractivity contribution in [1.82, 2.24) is 9.71 Å². The van der Waals surface area contributed by atoms with E-state index in [2.05, 4.69) is 15.0 Å². The monoisotopic (exact) mass is 279 g/mol. The third kappa shape index (κ3) is 3.81. The van der Waals surface area contributed by atoms with Crippen molar-refractivity contribution in [2.45, 2.75) is 4.90 Å². The van der Waals surface area contributed by atoms with E-state index in [1.54, 1.807) is 7.05 Å². The van der Waals surface area contributed by atoms with Crippen LogP contribution < -0.4 is 10.0 Å². The molecule has 0 bridgehead atoms. The van der Waals surface area contributed by atoms with Crippen LogP contribution in [0.5, 0.6) is 0 Å². The Morgan fingerprint density at radius 1 is 1.53 bits per heavy atom. The summed E-state index contributed by atoms with van der Waals surface area (Å²) in [6.45, 7) is 0.499. The highest BCUT2D eigenvalue weighted by molar-refractivity contribution is 7.89. The van der Waals surface area contributed by atoms with Crippen molar-refractivity contribution >= 4 is 27.4 Å². The molecule has 0 unspecified atom stereocenters. The fourth-order valence-corrected chi connectivity index (χ4v) is 2.42. The Balaban J connectivity index is 2.88. The van der Waals surface area contributed by atoms with Crippen LogP contribution in [0.1, 0.15) is 0 Å². The number of aromatic nitrogens is 1. The lowest BCUT2D eigenvalue weighted by Crippen LogP contribution is -2.27. The Labute approximate surface area is 105 Å². The van der Waals surface area contributed by atoms with Gasteiger partial charge in [-0.3, -0.25) is 0 Å². The van der Waals surface area contributed by atoms with Crippen LogP contribution >= 0.6 is 11.6 Å². The molecule has 0 fully saturated rings. The molecule has 17 heavy (non-hydrogen) atoms. The quantitative estimate of drug-likeness (QED) is 0.750. The summed E-state index contributed by atoms with van der Waals surface area (Å²) >= 11 is 5.85. The summed E-state index contributed by atoms with van der Waals surface area (Å²) in [6, 6.07) is 1.34. The molecule has 0 radical (unpaired) electrons. The Morgan fingerprint density at radius 2 is 2.24 bits per heavy atom. The molecule has 8 heteroatoms. The minimum Gasteiger partial charge on any atom is -0.383 e. The summed E-state index contributed by atoms with van der Waals surface area (Å²) in [5.74, 6) is 0.433. The van der Waals surface area contributed by atoms with E-state index in [0.717, 1.165) is 0 Å². The lowest BCUT2D eigenvalue weighted by atomic mass is 10.4. The number of nitrogens with one attached hydrogen (secondary N) is 2. The number of halogens is 1. The van der Waals surface area contributed by atoms with E-state index in [1.165, 1.54) is 19.4 Å². The van der Waals surface area contributed by atoms with Gasteiger partial charge in [0.2, 0.25) is 10.0 Å². The average Bonchev–Trinajstić information content (AvgIpc) is 2.29. The van der Waals surface area contributed by atoms with E-state index in [-0.39, 0.29) is 16.5 Å². The second-order valence-electron chi connectivity index (χ2n) is 3.14. The summed E-state index contributed by atoms with van der Waals surface area (Å²) in [5.41, 5.74) is 0. The van der Waals surface area contributed by atoms with Crippen molar-refractivity contribution in [3.63, 3.8) is 0 Å². The summed E-state index contributed by atoms with van der Waals surface area (Å²) < 4.78 is 30.7. The molecule has 0 aliphatic carbocycles. The largest absolute Gasteiger partial charge is 0.383 e. The molecule has 6 nitrogen and oxygen atoms in total. The summed E-state index contributed by atoms with van der Waals surface area (Å²) in [7, 11) is -0.438. The van der Waals surface area contributed by atoms with Crippen LogP contribution in [0.2, 0.25) is 5.02 Å². The van der Waals surface area contributed by atoms with E-state index in [1.807, 2.05) is 0 Å². The van der Waals surface area contributed by atoms with Gasteiger partial charge in [-0.05, 0) is 6.07 Å².